The van der Waals surface area contributed by atoms with Crippen molar-refractivity contribution in [1.29, 1.82) is 0 Å². The number of piperidine rings is 1. The Bertz CT molecular complexity index is 358. The van der Waals surface area contributed by atoms with E-state index in [1.165, 1.54) is 12.8 Å². The van der Waals surface area contributed by atoms with E-state index in [0.717, 1.165) is 32.5 Å². The van der Waals surface area contributed by atoms with Gasteiger partial charge < -0.3 is 20.3 Å². The lowest BCUT2D eigenvalue weighted by Gasteiger charge is -2.34. The molecule has 0 saturated carbocycles. The lowest BCUT2D eigenvalue weighted by Crippen LogP contribution is -2.50. The minimum Gasteiger partial charge on any atom is -0.425 e. The summed E-state index contributed by atoms with van der Waals surface area (Å²) in [6.45, 7) is 4.31. The van der Waals surface area contributed by atoms with Crippen LogP contribution in [0.3, 0.4) is 0 Å². The number of likely N-dealkylation sites (tertiary alicyclic amines) is 2. The molecule has 0 aromatic carbocycles. The van der Waals surface area contributed by atoms with Gasteiger partial charge in [-0.3, -0.25) is 4.90 Å². The number of ether oxygens (including phenoxy) is 1. The molecule has 0 radical (unpaired) electrons. The molecule has 2 heterocycles. The standard InChI is InChI=1S/C14H26N4O3/c1-15-13(19)18-10-3-2-6-12(18)21-14(20)16-7-11-17-8-4-5-9-17/h12H,2-11H2,1H3,(H,15,19)(H,16,20). The SMILES string of the molecule is CNC(=O)N1CCCCC1OC(=O)NCCN1CCCC1. The van der Waals surface area contributed by atoms with E-state index in [1.807, 2.05) is 0 Å². The largest absolute Gasteiger partial charge is 0.425 e. The lowest BCUT2D eigenvalue weighted by atomic mass is 10.1. The number of alkyl carbamates (subject to hydrolysis) is 1. The van der Waals surface area contributed by atoms with Crippen LogP contribution in [-0.4, -0.2) is 67.9 Å². The molecular weight excluding hydrogens is 272 g/mol. The third-order valence-electron chi connectivity index (χ3n) is 4.06. The Balaban J connectivity index is 1.70. The zero-order valence-electron chi connectivity index (χ0n) is 12.8. The van der Waals surface area contributed by atoms with E-state index in [1.54, 1.807) is 11.9 Å². The minimum absolute atomic E-state index is 0.190. The van der Waals surface area contributed by atoms with Crippen LogP contribution in [0.1, 0.15) is 32.1 Å². The number of urea groups is 1. The zero-order valence-corrected chi connectivity index (χ0v) is 12.8. The van der Waals surface area contributed by atoms with Gasteiger partial charge in [-0.25, -0.2) is 9.59 Å². The van der Waals surface area contributed by atoms with Gasteiger partial charge >= 0.3 is 12.1 Å². The van der Waals surface area contributed by atoms with E-state index >= 15 is 0 Å². The van der Waals surface area contributed by atoms with Gasteiger partial charge in [-0.15, -0.1) is 0 Å². The molecule has 0 bridgehead atoms. The van der Waals surface area contributed by atoms with Crippen molar-refractivity contribution in [2.24, 2.45) is 0 Å². The second-order valence-electron chi connectivity index (χ2n) is 5.58. The molecule has 2 rings (SSSR count). The first-order chi connectivity index (χ1) is 10.2. The van der Waals surface area contributed by atoms with Crippen LogP contribution in [0.15, 0.2) is 0 Å². The van der Waals surface area contributed by atoms with Gasteiger partial charge in [-0.05, 0) is 38.8 Å². The number of nitrogens with one attached hydrogen (secondary N) is 2. The third-order valence-corrected chi connectivity index (χ3v) is 4.06. The zero-order chi connectivity index (χ0) is 15.1. The number of carbonyl (C=O) groups is 2. The average Bonchev–Trinajstić information content (AvgIpc) is 3.00. The summed E-state index contributed by atoms with van der Waals surface area (Å²) in [4.78, 5) is 27.5. The smallest absolute Gasteiger partial charge is 0.409 e. The highest BCUT2D eigenvalue weighted by atomic mass is 16.6. The summed E-state index contributed by atoms with van der Waals surface area (Å²) >= 11 is 0. The van der Waals surface area contributed by atoms with Crippen molar-refractivity contribution < 1.29 is 14.3 Å². The Morgan fingerprint density at radius 1 is 1.14 bits per heavy atom. The Kier molecular flexibility index (Phi) is 6.10. The Hall–Kier alpha value is -1.50. The maximum atomic E-state index is 11.8. The molecule has 2 saturated heterocycles. The van der Waals surface area contributed by atoms with Crippen LogP contribution in [-0.2, 0) is 4.74 Å². The third kappa shape index (κ3) is 4.77. The Labute approximate surface area is 126 Å². The van der Waals surface area contributed by atoms with Crippen LogP contribution in [0, 0.1) is 0 Å². The first-order valence-corrected chi connectivity index (χ1v) is 7.86. The predicted molar refractivity (Wildman–Crippen MR) is 79.0 cm³/mol. The van der Waals surface area contributed by atoms with Gasteiger partial charge in [0.1, 0.15) is 0 Å². The molecule has 1 atom stereocenters. The van der Waals surface area contributed by atoms with Gasteiger partial charge in [0, 0.05) is 33.1 Å². The van der Waals surface area contributed by atoms with Crippen LogP contribution in [0.5, 0.6) is 0 Å². The molecule has 7 heteroatoms. The first-order valence-electron chi connectivity index (χ1n) is 7.86. The fourth-order valence-electron chi connectivity index (χ4n) is 2.89. The molecule has 7 nitrogen and oxygen atoms in total. The van der Waals surface area contributed by atoms with E-state index in [4.69, 9.17) is 4.74 Å². The summed E-state index contributed by atoms with van der Waals surface area (Å²) in [6.07, 6.45) is 4.22. The summed E-state index contributed by atoms with van der Waals surface area (Å²) in [7, 11) is 1.59. The maximum absolute atomic E-state index is 11.8. The molecule has 2 fully saturated rings. The number of rotatable bonds is 4. The van der Waals surface area contributed by atoms with E-state index in [2.05, 4.69) is 15.5 Å². The molecule has 0 aliphatic carbocycles. The quantitative estimate of drug-likeness (QED) is 0.811. The molecule has 1 unspecified atom stereocenters. The van der Waals surface area contributed by atoms with E-state index in [9.17, 15) is 9.59 Å². The summed E-state index contributed by atoms with van der Waals surface area (Å²) in [5.74, 6) is 0. The summed E-state index contributed by atoms with van der Waals surface area (Å²) in [6, 6.07) is -0.190. The van der Waals surface area contributed by atoms with E-state index in [0.29, 0.717) is 19.5 Å². The van der Waals surface area contributed by atoms with Crippen molar-refractivity contribution in [2.75, 3.05) is 39.8 Å². The van der Waals surface area contributed by atoms with Crippen LogP contribution >= 0.6 is 0 Å². The van der Waals surface area contributed by atoms with Crippen molar-refractivity contribution in [3.05, 3.63) is 0 Å². The second kappa shape index (κ2) is 8.07. The molecule has 2 aliphatic rings. The van der Waals surface area contributed by atoms with Crippen molar-refractivity contribution in [1.82, 2.24) is 20.4 Å². The van der Waals surface area contributed by atoms with Gasteiger partial charge in [-0.2, -0.15) is 0 Å². The molecular formula is C14H26N4O3. The van der Waals surface area contributed by atoms with Crippen LogP contribution in [0.4, 0.5) is 9.59 Å². The van der Waals surface area contributed by atoms with E-state index in [-0.39, 0.29) is 6.03 Å². The van der Waals surface area contributed by atoms with Crippen molar-refractivity contribution in [3.8, 4) is 0 Å². The fraction of sp³-hybridized carbons (Fsp3) is 0.857. The van der Waals surface area contributed by atoms with E-state index < -0.39 is 12.3 Å². The normalized spacial score (nSPS) is 22.9. The highest BCUT2D eigenvalue weighted by molar-refractivity contribution is 5.74. The average molecular weight is 298 g/mol. The van der Waals surface area contributed by atoms with Gasteiger partial charge in [0.2, 0.25) is 0 Å². The van der Waals surface area contributed by atoms with Gasteiger partial charge in [0.15, 0.2) is 6.23 Å². The number of carbonyl (C=O) groups excluding carboxylic acids is 2. The molecule has 120 valence electrons. The number of hydrogen-bond acceptors (Lipinski definition) is 4. The summed E-state index contributed by atoms with van der Waals surface area (Å²) in [5, 5.41) is 5.36. The highest BCUT2D eigenvalue weighted by Gasteiger charge is 2.29. The lowest BCUT2D eigenvalue weighted by molar-refractivity contribution is -0.0119. The minimum atomic E-state index is -0.453. The summed E-state index contributed by atoms with van der Waals surface area (Å²) < 4.78 is 5.39. The molecule has 3 amide bonds. The van der Waals surface area contributed by atoms with Crippen molar-refractivity contribution in [2.45, 2.75) is 38.3 Å². The molecule has 0 aromatic heterocycles. The fourth-order valence-corrected chi connectivity index (χ4v) is 2.89. The Morgan fingerprint density at radius 2 is 1.86 bits per heavy atom. The molecule has 21 heavy (non-hydrogen) atoms. The van der Waals surface area contributed by atoms with Gasteiger partial charge in [0.25, 0.3) is 0 Å². The van der Waals surface area contributed by atoms with Gasteiger partial charge in [-0.1, -0.05) is 0 Å². The van der Waals surface area contributed by atoms with Crippen LogP contribution in [0.2, 0.25) is 0 Å². The highest BCUT2D eigenvalue weighted by Crippen LogP contribution is 2.18. The monoisotopic (exact) mass is 298 g/mol. The van der Waals surface area contributed by atoms with Crippen molar-refractivity contribution >= 4 is 12.1 Å². The number of amides is 3. The summed E-state index contributed by atoms with van der Waals surface area (Å²) in [5.41, 5.74) is 0. The van der Waals surface area contributed by atoms with Gasteiger partial charge in [0.05, 0.1) is 0 Å². The maximum Gasteiger partial charge on any atom is 0.409 e. The Morgan fingerprint density at radius 3 is 2.57 bits per heavy atom. The predicted octanol–water partition coefficient (Wildman–Crippen LogP) is 0.960. The second-order valence-corrected chi connectivity index (χ2v) is 5.58. The van der Waals surface area contributed by atoms with Crippen molar-refractivity contribution in [3.63, 3.8) is 0 Å². The van der Waals surface area contributed by atoms with Crippen LogP contribution in [0.25, 0.3) is 0 Å². The molecule has 0 spiro atoms. The topological polar surface area (TPSA) is 73.9 Å². The van der Waals surface area contributed by atoms with Crippen LogP contribution < -0.4 is 10.6 Å². The number of hydrogen-bond donors (Lipinski definition) is 2. The molecule has 0 aromatic rings. The number of nitrogens with zero attached hydrogens (tertiary/aromatic N) is 2. The molecule has 2 N–H and O–H groups in total. The first kappa shape index (κ1) is 15.9. The molecule has 2 aliphatic heterocycles.